The Hall–Kier alpha value is -1.86. The molecule has 0 bridgehead atoms. The van der Waals surface area contributed by atoms with Gasteiger partial charge in [-0.15, -0.1) is 0 Å². The molecule has 0 spiro atoms. The predicted molar refractivity (Wildman–Crippen MR) is 97.1 cm³/mol. The molecule has 0 saturated carbocycles. The summed E-state index contributed by atoms with van der Waals surface area (Å²) in [7, 11) is 0. The van der Waals surface area contributed by atoms with Gasteiger partial charge in [-0.25, -0.2) is 4.68 Å². The molecular weight excluding hydrogens is 372 g/mol. The summed E-state index contributed by atoms with van der Waals surface area (Å²) in [5.74, 6) is 0.587. The minimum absolute atomic E-state index is 0.162. The van der Waals surface area contributed by atoms with Gasteiger partial charge in [0, 0.05) is 23.8 Å². The van der Waals surface area contributed by atoms with Crippen molar-refractivity contribution in [2.75, 3.05) is 26.2 Å². The van der Waals surface area contributed by atoms with Crippen LogP contribution in [0.5, 0.6) is 5.75 Å². The quantitative estimate of drug-likeness (QED) is 0.710. The van der Waals surface area contributed by atoms with Crippen LogP contribution in [0.1, 0.15) is 24.3 Å². The van der Waals surface area contributed by atoms with Gasteiger partial charge >= 0.3 is 0 Å². The molecule has 0 radical (unpaired) electrons. The van der Waals surface area contributed by atoms with Crippen LogP contribution in [0.3, 0.4) is 0 Å². The van der Waals surface area contributed by atoms with E-state index in [1.54, 1.807) is 16.9 Å². The van der Waals surface area contributed by atoms with E-state index < -0.39 is 0 Å². The highest BCUT2D eigenvalue weighted by molar-refractivity contribution is 9.10. The number of carbonyl (C=O) groups excluding carboxylic acids is 1. The average molecular weight is 395 g/mol. The second-order valence-corrected chi connectivity index (χ2v) is 6.17. The van der Waals surface area contributed by atoms with Crippen LogP contribution in [0, 0.1) is 0 Å². The van der Waals surface area contributed by atoms with Crippen LogP contribution in [-0.4, -0.2) is 46.8 Å². The van der Waals surface area contributed by atoms with Gasteiger partial charge in [-0.3, -0.25) is 4.79 Å². The maximum Gasteiger partial charge on any atom is 0.271 e. The molecule has 0 fully saturated rings. The number of ether oxygens (including phenoxy) is 1. The molecule has 7 heteroatoms. The molecule has 1 aromatic carbocycles. The number of amides is 1. The van der Waals surface area contributed by atoms with Crippen molar-refractivity contribution in [3.63, 3.8) is 0 Å². The van der Waals surface area contributed by atoms with E-state index in [0.29, 0.717) is 12.2 Å². The lowest BCUT2D eigenvalue weighted by molar-refractivity contribution is 0.0942. The first-order chi connectivity index (χ1) is 11.6. The molecule has 0 saturated heterocycles. The summed E-state index contributed by atoms with van der Waals surface area (Å²) in [6.45, 7) is 7.89. The summed E-state index contributed by atoms with van der Waals surface area (Å²) in [6.07, 6.45) is 1.73. The molecule has 24 heavy (non-hydrogen) atoms. The number of aromatic nitrogens is 2. The Bertz CT molecular complexity index is 638. The van der Waals surface area contributed by atoms with Crippen molar-refractivity contribution in [2.24, 2.45) is 0 Å². The summed E-state index contributed by atoms with van der Waals surface area (Å²) in [5, 5.41) is 7.13. The van der Waals surface area contributed by atoms with Gasteiger partial charge in [0.15, 0.2) is 6.73 Å². The number of hydrogen-bond donors (Lipinski definition) is 1. The zero-order chi connectivity index (χ0) is 17.4. The molecule has 1 aromatic heterocycles. The second kappa shape index (κ2) is 9.44. The fourth-order valence-corrected chi connectivity index (χ4v) is 2.45. The smallest absolute Gasteiger partial charge is 0.271 e. The molecule has 6 nitrogen and oxygen atoms in total. The van der Waals surface area contributed by atoms with E-state index in [-0.39, 0.29) is 12.6 Å². The lowest BCUT2D eigenvalue weighted by Gasteiger charge is -2.17. The van der Waals surface area contributed by atoms with Crippen LogP contribution in [0.15, 0.2) is 41.0 Å². The topological polar surface area (TPSA) is 59.4 Å². The summed E-state index contributed by atoms with van der Waals surface area (Å²) < 4.78 is 8.22. The van der Waals surface area contributed by atoms with Gasteiger partial charge in [-0.2, -0.15) is 5.10 Å². The van der Waals surface area contributed by atoms with Crippen LogP contribution in [0.4, 0.5) is 0 Å². The minimum Gasteiger partial charge on any atom is -0.471 e. The first-order valence-electron chi connectivity index (χ1n) is 8.04. The van der Waals surface area contributed by atoms with Crippen molar-refractivity contribution in [2.45, 2.75) is 20.6 Å². The van der Waals surface area contributed by atoms with E-state index in [2.05, 4.69) is 45.1 Å². The number of rotatable bonds is 9. The molecule has 0 atom stereocenters. The van der Waals surface area contributed by atoms with E-state index in [4.69, 9.17) is 4.74 Å². The third-order valence-corrected chi connectivity index (χ3v) is 4.19. The van der Waals surface area contributed by atoms with Crippen LogP contribution in [0.2, 0.25) is 0 Å². The van der Waals surface area contributed by atoms with Crippen LogP contribution in [-0.2, 0) is 6.73 Å². The summed E-state index contributed by atoms with van der Waals surface area (Å²) in [5.41, 5.74) is 0.397. The molecule has 2 aromatic rings. The number of likely N-dealkylation sites (N-methyl/N-ethyl adjacent to an activating group) is 1. The highest BCUT2D eigenvalue weighted by Crippen LogP contribution is 2.16. The predicted octanol–water partition coefficient (Wildman–Crippen LogP) is 2.75. The van der Waals surface area contributed by atoms with Gasteiger partial charge < -0.3 is 15.0 Å². The van der Waals surface area contributed by atoms with E-state index in [1.807, 2.05) is 24.3 Å². The lowest BCUT2D eigenvalue weighted by atomic mass is 10.3. The van der Waals surface area contributed by atoms with Gasteiger partial charge in [-0.1, -0.05) is 29.8 Å². The van der Waals surface area contributed by atoms with Crippen molar-refractivity contribution in [1.29, 1.82) is 0 Å². The molecule has 1 heterocycles. The Labute approximate surface area is 150 Å². The first kappa shape index (κ1) is 18.5. The van der Waals surface area contributed by atoms with Crippen LogP contribution >= 0.6 is 15.9 Å². The van der Waals surface area contributed by atoms with Gasteiger partial charge in [0.1, 0.15) is 11.4 Å². The fraction of sp³-hybridized carbons (Fsp3) is 0.412. The van der Waals surface area contributed by atoms with Crippen molar-refractivity contribution < 1.29 is 9.53 Å². The number of nitrogens with one attached hydrogen (secondary N) is 1. The normalized spacial score (nSPS) is 10.8. The molecule has 0 unspecified atom stereocenters. The standard InChI is InChI=1S/C17H23BrN4O2/c1-3-21(4-2)12-10-19-17(23)16-9-11-22(20-16)13-24-15-7-5-14(18)6-8-15/h5-9,11H,3-4,10,12-13H2,1-2H3,(H,19,23). The number of carbonyl (C=O) groups is 1. The molecule has 0 aliphatic rings. The molecule has 2 rings (SSSR count). The monoisotopic (exact) mass is 394 g/mol. The number of nitrogens with zero attached hydrogens (tertiary/aromatic N) is 3. The Morgan fingerprint density at radius 2 is 1.96 bits per heavy atom. The van der Waals surface area contributed by atoms with Crippen molar-refractivity contribution in [1.82, 2.24) is 20.0 Å². The Morgan fingerprint density at radius 1 is 1.25 bits per heavy atom. The lowest BCUT2D eigenvalue weighted by Crippen LogP contribution is -2.35. The van der Waals surface area contributed by atoms with Gasteiger partial charge in [0.25, 0.3) is 5.91 Å². The largest absolute Gasteiger partial charge is 0.471 e. The van der Waals surface area contributed by atoms with E-state index >= 15 is 0 Å². The SMILES string of the molecule is CCN(CC)CCNC(=O)c1ccn(COc2ccc(Br)cc2)n1. The molecular formula is C17H23BrN4O2. The Kier molecular flexibility index (Phi) is 7.27. The van der Waals surface area contributed by atoms with E-state index in [1.165, 1.54) is 0 Å². The first-order valence-corrected chi connectivity index (χ1v) is 8.84. The maximum absolute atomic E-state index is 12.1. The summed E-state index contributed by atoms with van der Waals surface area (Å²) in [6, 6.07) is 9.25. The summed E-state index contributed by atoms with van der Waals surface area (Å²) in [4.78, 5) is 14.3. The average Bonchev–Trinajstić information content (AvgIpc) is 3.07. The van der Waals surface area contributed by atoms with E-state index in [9.17, 15) is 4.79 Å². The number of hydrogen-bond acceptors (Lipinski definition) is 4. The minimum atomic E-state index is -0.162. The molecule has 0 aliphatic heterocycles. The highest BCUT2D eigenvalue weighted by Gasteiger charge is 2.09. The summed E-state index contributed by atoms with van der Waals surface area (Å²) >= 11 is 3.38. The van der Waals surface area contributed by atoms with E-state index in [0.717, 1.165) is 29.9 Å². The van der Waals surface area contributed by atoms with Crippen molar-refractivity contribution >= 4 is 21.8 Å². The zero-order valence-corrected chi connectivity index (χ0v) is 15.6. The van der Waals surface area contributed by atoms with Gasteiger partial charge in [0.2, 0.25) is 0 Å². The fourth-order valence-electron chi connectivity index (χ4n) is 2.18. The third-order valence-electron chi connectivity index (χ3n) is 3.66. The molecule has 130 valence electrons. The Morgan fingerprint density at radius 3 is 2.62 bits per heavy atom. The van der Waals surface area contributed by atoms with Crippen molar-refractivity contribution in [3.05, 3.63) is 46.7 Å². The second-order valence-electron chi connectivity index (χ2n) is 5.25. The number of halogens is 1. The Balaban J connectivity index is 1.79. The molecule has 1 amide bonds. The van der Waals surface area contributed by atoms with Crippen molar-refractivity contribution in [3.8, 4) is 5.75 Å². The van der Waals surface area contributed by atoms with Gasteiger partial charge in [0.05, 0.1) is 0 Å². The zero-order valence-electron chi connectivity index (χ0n) is 14.0. The van der Waals surface area contributed by atoms with Gasteiger partial charge in [-0.05, 0) is 43.4 Å². The highest BCUT2D eigenvalue weighted by atomic mass is 79.9. The maximum atomic E-state index is 12.1. The van der Waals surface area contributed by atoms with Crippen LogP contribution < -0.4 is 10.1 Å². The molecule has 1 N–H and O–H groups in total. The molecule has 0 aliphatic carbocycles. The van der Waals surface area contributed by atoms with Crippen LogP contribution in [0.25, 0.3) is 0 Å². The number of benzene rings is 1. The third kappa shape index (κ3) is 5.65.